The predicted molar refractivity (Wildman–Crippen MR) is 116 cm³/mol. The average molecular weight is 394 g/mol. The van der Waals surface area contributed by atoms with Crippen molar-refractivity contribution in [1.82, 2.24) is 14.9 Å². The molecule has 1 amide bonds. The topological polar surface area (TPSA) is 52.6 Å². The van der Waals surface area contributed by atoms with Crippen molar-refractivity contribution in [2.45, 2.75) is 38.5 Å². The molecule has 0 bridgehead atoms. The van der Waals surface area contributed by atoms with Crippen LogP contribution >= 0.6 is 0 Å². The van der Waals surface area contributed by atoms with Crippen LogP contribution in [0.4, 0.5) is 11.8 Å². The molecule has 154 valence electrons. The molecule has 6 heteroatoms. The summed E-state index contributed by atoms with van der Waals surface area (Å²) < 4.78 is 0. The summed E-state index contributed by atoms with van der Waals surface area (Å²) in [5.74, 6) is 2.01. The molecule has 0 aliphatic carbocycles. The van der Waals surface area contributed by atoms with Crippen LogP contribution in [0.25, 0.3) is 0 Å². The minimum absolute atomic E-state index is 0.0486. The van der Waals surface area contributed by atoms with Gasteiger partial charge in [0.1, 0.15) is 5.82 Å². The minimum atomic E-state index is -0.0486. The monoisotopic (exact) mass is 393 g/mol. The number of carbonyl (C=O) groups excluding carboxylic acids is 1. The summed E-state index contributed by atoms with van der Waals surface area (Å²) in [5, 5.41) is 0. The first kappa shape index (κ1) is 19.7. The summed E-state index contributed by atoms with van der Waals surface area (Å²) in [6.07, 6.45) is 6.43. The van der Waals surface area contributed by atoms with Crippen LogP contribution < -0.4 is 9.80 Å². The Morgan fingerprint density at radius 1 is 0.931 bits per heavy atom. The van der Waals surface area contributed by atoms with Crippen molar-refractivity contribution in [1.29, 1.82) is 0 Å². The number of rotatable bonds is 5. The Kier molecular flexibility index (Phi) is 6.27. The highest BCUT2D eigenvalue weighted by atomic mass is 16.2. The average Bonchev–Trinajstić information content (AvgIpc) is 2.81. The van der Waals surface area contributed by atoms with E-state index in [-0.39, 0.29) is 11.8 Å². The van der Waals surface area contributed by atoms with E-state index in [0.29, 0.717) is 0 Å². The normalized spacial score (nSPS) is 18.6. The van der Waals surface area contributed by atoms with Crippen LogP contribution in [0.1, 0.15) is 44.1 Å². The smallest absolute Gasteiger partial charge is 0.230 e. The SMILES string of the molecule is CCC(C(=O)N1CCN(c2ccnc(N3CCCCC3)n2)CC1)c1ccccc1. The summed E-state index contributed by atoms with van der Waals surface area (Å²) in [5.41, 5.74) is 1.12. The predicted octanol–water partition coefficient (Wildman–Crippen LogP) is 3.31. The second-order valence-corrected chi connectivity index (χ2v) is 7.95. The van der Waals surface area contributed by atoms with Crippen LogP contribution in [0, 0.1) is 0 Å². The first-order valence-corrected chi connectivity index (χ1v) is 10.9. The highest BCUT2D eigenvalue weighted by Gasteiger charge is 2.28. The molecular formula is C23H31N5O. The molecule has 2 aliphatic rings. The standard InChI is InChI=1S/C23H31N5O/c1-2-20(19-9-5-3-6-10-19)22(29)27-17-15-26(16-18-27)21-11-12-24-23(25-21)28-13-7-4-8-14-28/h3,5-6,9-12,20H,2,4,7-8,13-18H2,1H3. The molecule has 0 N–H and O–H groups in total. The summed E-state index contributed by atoms with van der Waals surface area (Å²) in [6.45, 7) is 7.29. The van der Waals surface area contributed by atoms with Gasteiger partial charge in [-0.2, -0.15) is 4.98 Å². The van der Waals surface area contributed by atoms with Gasteiger partial charge in [0.15, 0.2) is 0 Å². The lowest BCUT2D eigenvalue weighted by Crippen LogP contribution is -2.50. The highest BCUT2D eigenvalue weighted by Crippen LogP contribution is 2.24. The van der Waals surface area contributed by atoms with E-state index in [0.717, 1.165) is 63.0 Å². The second kappa shape index (κ2) is 9.25. The fourth-order valence-corrected chi connectivity index (χ4v) is 4.38. The molecule has 3 heterocycles. The van der Waals surface area contributed by atoms with E-state index >= 15 is 0 Å². The number of nitrogens with zero attached hydrogens (tertiary/aromatic N) is 5. The molecule has 2 aliphatic heterocycles. The number of piperidine rings is 1. The Morgan fingerprint density at radius 3 is 2.34 bits per heavy atom. The Bertz CT molecular complexity index is 798. The van der Waals surface area contributed by atoms with Gasteiger partial charge < -0.3 is 14.7 Å². The highest BCUT2D eigenvalue weighted by molar-refractivity contribution is 5.84. The van der Waals surface area contributed by atoms with Crippen molar-refractivity contribution in [2.24, 2.45) is 0 Å². The molecule has 1 aromatic carbocycles. The summed E-state index contributed by atoms with van der Waals surface area (Å²) in [4.78, 5) is 29.0. The van der Waals surface area contributed by atoms with Crippen LogP contribution in [0.2, 0.25) is 0 Å². The van der Waals surface area contributed by atoms with E-state index in [1.807, 2.05) is 35.4 Å². The third kappa shape index (κ3) is 4.52. The maximum Gasteiger partial charge on any atom is 0.230 e. The van der Waals surface area contributed by atoms with Gasteiger partial charge in [-0.3, -0.25) is 4.79 Å². The van der Waals surface area contributed by atoms with Crippen molar-refractivity contribution in [3.05, 3.63) is 48.2 Å². The molecule has 2 aromatic rings. The second-order valence-electron chi connectivity index (χ2n) is 7.95. The number of amides is 1. The van der Waals surface area contributed by atoms with Crippen molar-refractivity contribution >= 4 is 17.7 Å². The molecule has 1 unspecified atom stereocenters. The van der Waals surface area contributed by atoms with Crippen molar-refractivity contribution < 1.29 is 4.79 Å². The lowest BCUT2D eigenvalue weighted by atomic mass is 9.95. The van der Waals surface area contributed by atoms with Crippen LogP contribution in [0.15, 0.2) is 42.6 Å². The fraction of sp³-hybridized carbons (Fsp3) is 0.522. The van der Waals surface area contributed by atoms with Crippen LogP contribution in [-0.4, -0.2) is 60.0 Å². The van der Waals surface area contributed by atoms with Gasteiger partial charge in [-0.1, -0.05) is 37.3 Å². The molecule has 2 saturated heterocycles. The third-order valence-electron chi connectivity index (χ3n) is 6.09. The van der Waals surface area contributed by atoms with Crippen molar-refractivity contribution in [2.75, 3.05) is 49.1 Å². The fourth-order valence-electron chi connectivity index (χ4n) is 4.38. The van der Waals surface area contributed by atoms with E-state index in [1.165, 1.54) is 19.3 Å². The zero-order chi connectivity index (χ0) is 20.1. The van der Waals surface area contributed by atoms with Gasteiger partial charge in [-0.15, -0.1) is 0 Å². The van der Waals surface area contributed by atoms with E-state index in [9.17, 15) is 4.79 Å². The Hall–Kier alpha value is -2.63. The zero-order valence-corrected chi connectivity index (χ0v) is 17.3. The number of piperazine rings is 1. The Morgan fingerprint density at radius 2 is 1.66 bits per heavy atom. The van der Waals surface area contributed by atoms with Crippen LogP contribution in [0.3, 0.4) is 0 Å². The van der Waals surface area contributed by atoms with Crippen LogP contribution in [-0.2, 0) is 4.79 Å². The molecule has 1 aromatic heterocycles. The summed E-state index contributed by atoms with van der Waals surface area (Å²) >= 11 is 0. The Labute approximate surface area is 173 Å². The first-order valence-electron chi connectivity index (χ1n) is 10.9. The number of aromatic nitrogens is 2. The van der Waals surface area contributed by atoms with E-state index in [1.54, 1.807) is 0 Å². The number of hydrogen-bond donors (Lipinski definition) is 0. The number of benzene rings is 1. The quantitative estimate of drug-likeness (QED) is 0.780. The first-order chi connectivity index (χ1) is 14.3. The lowest BCUT2D eigenvalue weighted by molar-refractivity contribution is -0.133. The summed E-state index contributed by atoms with van der Waals surface area (Å²) in [6, 6.07) is 12.1. The zero-order valence-electron chi connectivity index (χ0n) is 17.3. The van der Waals surface area contributed by atoms with Gasteiger partial charge in [-0.25, -0.2) is 4.98 Å². The lowest BCUT2D eigenvalue weighted by Gasteiger charge is -2.37. The molecule has 6 nitrogen and oxygen atoms in total. The van der Waals surface area contributed by atoms with Gasteiger partial charge in [0.25, 0.3) is 0 Å². The molecular weight excluding hydrogens is 362 g/mol. The number of hydrogen-bond acceptors (Lipinski definition) is 5. The maximum absolute atomic E-state index is 13.1. The van der Waals surface area contributed by atoms with Gasteiger partial charge in [-0.05, 0) is 37.3 Å². The van der Waals surface area contributed by atoms with Gasteiger partial charge >= 0.3 is 0 Å². The molecule has 0 saturated carbocycles. The number of anilines is 2. The number of carbonyl (C=O) groups is 1. The molecule has 0 spiro atoms. The van der Waals surface area contributed by atoms with E-state index < -0.39 is 0 Å². The molecule has 0 radical (unpaired) electrons. The molecule has 4 rings (SSSR count). The minimum Gasteiger partial charge on any atom is -0.353 e. The van der Waals surface area contributed by atoms with Crippen LogP contribution in [0.5, 0.6) is 0 Å². The van der Waals surface area contributed by atoms with Gasteiger partial charge in [0, 0.05) is 45.5 Å². The largest absolute Gasteiger partial charge is 0.353 e. The van der Waals surface area contributed by atoms with Crippen molar-refractivity contribution in [3.8, 4) is 0 Å². The molecule has 1 atom stereocenters. The van der Waals surface area contributed by atoms with Crippen molar-refractivity contribution in [3.63, 3.8) is 0 Å². The van der Waals surface area contributed by atoms with Gasteiger partial charge in [0.05, 0.1) is 5.92 Å². The maximum atomic E-state index is 13.1. The Balaban J connectivity index is 1.38. The summed E-state index contributed by atoms with van der Waals surface area (Å²) in [7, 11) is 0. The molecule has 29 heavy (non-hydrogen) atoms. The third-order valence-corrected chi connectivity index (χ3v) is 6.09. The van der Waals surface area contributed by atoms with Gasteiger partial charge in [0.2, 0.25) is 11.9 Å². The molecule has 2 fully saturated rings. The van der Waals surface area contributed by atoms with E-state index in [4.69, 9.17) is 4.98 Å². The van der Waals surface area contributed by atoms with E-state index in [2.05, 4.69) is 33.8 Å².